The fourth-order valence-electron chi connectivity index (χ4n) is 2.71. The minimum Gasteiger partial charge on any atom is -0.303 e. The van der Waals surface area contributed by atoms with Crippen molar-refractivity contribution < 1.29 is 13.2 Å². The van der Waals surface area contributed by atoms with Gasteiger partial charge in [-0.05, 0) is 39.6 Å². The first kappa shape index (κ1) is 15.4. The lowest BCUT2D eigenvalue weighted by atomic mass is 9.95. The van der Waals surface area contributed by atoms with Crippen LogP contribution >= 0.6 is 0 Å². The van der Waals surface area contributed by atoms with Gasteiger partial charge in [0.25, 0.3) is 0 Å². The third-order valence-corrected chi connectivity index (χ3v) is 4.96. The molecular formula is C19H16O3S. The molecule has 0 N–H and O–H groups in total. The number of aldehydes is 1. The molecule has 0 aromatic heterocycles. The molecular weight excluding hydrogens is 308 g/mol. The quantitative estimate of drug-likeness (QED) is 0.688. The van der Waals surface area contributed by atoms with Crippen LogP contribution in [0.3, 0.4) is 0 Å². The van der Waals surface area contributed by atoms with Gasteiger partial charge in [-0.2, -0.15) is 0 Å². The fraction of sp³-hybridized carbons (Fsp3) is 0.105. The average Bonchev–Trinajstić information content (AvgIpc) is 2.54. The zero-order valence-electron chi connectivity index (χ0n) is 12.7. The van der Waals surface area contributed by atoms with E-state index in [1.54, 1.807) is 12.1 Å². The monoisotopic (exact) mass is 324 g/mol. The van der Waals surface area contributed by atoms with Crippen LogP contribution in [0.25, 0.3) is 21.9 Å². The molecule has 0 aliphatic heterocycles. The number of fused-ring (bicyclic) bond motifs is 1. The highest BCUT2D eigenvalue weighted by atomic mass is 32.2. The van der Waals surface area contributed by atoms with Gasteiger partial charge >= 0.3 is 0 Å². The SMILES string of the molecule is CS(=O)(=O)c1ccc(-c2cc(CC=O)cc3ccccc23)cc1. The van der Waals surface area contributed by atoms with Gasteiger partial charge in [0.1, 0.15) is 6.29 Å². The maximum absolute atomic E-state index is 11.6. The molecule has 0 atom stereocenters. The molecule has 0 saturated heterocycles. The molecule has 3 nitrogen and oxygen atoms in total. The Morgan fingerprint density at radius 3 is 2.30 bits per heavy atom. The molecule has 0 amide bonds. The van der Waals surface area contributed by atoms with Crippen molar-refractivity contribution in [3.05, 3.63) is 66.2 Å². The van der Waals surface area contributed by atoms with Crippen LogP contribution in [-0.4, -0.2) is 21.0 Å². The van der Waals surface area contributed by atoms with Crippen LogP contribution in [0.1, 0.15) is 5.56 Å². The van der Waals surface area contributed by atoms with E-state index in [4.69, 9.17) is 0 Å². The first-order chi connectivity index (χ1) is 11.0. The number of carbonyl (C=O) groups excluding carboxylic acids is 1. The molecule has 0 bridgehead atoms. The summed E-state index contributed by atoms with van der Waals surface area (Å²) in [5.74, 6) is 0. The van der Waals surface area contributed by atoms with Crippen LogP contribution in [0.5, 0.6) is 0 Å². The Hall–Kier alpha value is -2.46. The molecule has 0 spiro atoms. The second kappa shape index (κ2) is 5.97. The molecule has 4 heteroatoms. The molecule has 3 rings (SSSR count). The maximum Gasteiger partial charge on any atom is 0.175 e. The van der Waals surface area contributed by atoms with E-state index in [9.17, 15) is 13.2 Å². The molecule has 0 aliphatic rings. The van der Waals surface area contributed by atoms with Gasteiger partial charge in [-0.25, -0.2) is 8.42 Å². The van der Waals surface area contributed by atoms with Gasteiger partial charge in [0, 0.05) is 12.7 Å². The molecule has 116 valence electrons. The van der Waals surface area contributed by atoms with E-state index in [1.807, 2.05) is 48.5 Å². The third kappa shape index (κ3) is 3.17. The van der Waals surface area contributed by atoms with E-state index < -0.39 is 9.84 Å². The topological polar surface area (TPSA) is 51.2 Å². The van der Waals surface area contributed by atoms with Crippen LogP contribution in [0.4, 0.5) is 0 Å². The molecule has 0 saturated carbocycles. The molecule has 0 radical (unpaired) electrons. The molecule has 23 heavy (non-hydrogen) atoms. The van der Waals surface area contributed by atoms with Crippen LogP contribution < -0.4 is 0 Å². The summed E-state index contributed by atoms with van der Waals surface area (Å²) in [7, 11) is -3.21. The molecule has 3 aromatic carbocycles. The first-order valence-electron chi connectivity index (χ1n) is 7.25. The predicted octanol–water partition coefficient (Wildman–Crippen LogP) is 3.65. The lowest BCUT2D eigenvalue weighted by Crippen LogP contribution is -1.96. The van der Waals surface area contributed by atoms with E-state index in [2.05, 4.69) is 0 Å². The van der Waals surface area contributed by atoms with Gasteiger partial charge in [-0.1, -0.05) is 48.5 Å². The van der Waals surface area contributed by atoms with E-state index in [-0.39, 0.29) is 0 Å². The van der Waals surface area contributed by atoms with E-state index in [0.717, 1.165) is 33.7 Å². The summed E-state index contributed by atoms with van der Waals surface area (Å²) in [4.78, 5) is 11.1. The van der Waals surface area contributed by atoms with Crippen molar-refractivity contribution in [3.63, 3.8) is 0 Å². The van der Waals surface area contributed by atoms with Crippen molar-refractivity contribution in [3.8, 4) is 11.1 Å². The summed E-state index contributed by atoms with van der Waals surface area (Å²) in [6.07, 6.45) is 2.45. The summed E-state index contributed by atoms with van der Waals surface area (Å²) in [5, 5.41) is 2.14. The smallest absolute Gasteiger partial charge is 0.175 e. The van der Waals surface area contributed by atoms with Crippen LogP contribution in [-0.2, 0) is 21.1 Å². The molecule has 0 aliphatic carbocycles. The van der Waals surface area contributed by atoms with Crippen molar-refractivity contribution in [1.82, 2.24) is 0 Å². The highest BCUT2D eigenvalue weighted by molar-refractivity contribution is 7.90. The van der Waals surface area contributed by atoms with Gasteiger partial charge < -0.3 is 4.79 Å². The van der Waals surface area contributed by atoms with Crippen LogP contribution in [0.15, 0.2) is 65.6 Å². The van der Waals surface area contributed by atoms with Crippen molar-refractivity contribution in [2.75, 3.05) is 6.26 Å². The Labute approximate surface area is 135 Å². The summed E-state index contributed by atoms with van der Waals surface area (Å²) in [6, 6.07) is 18.8. The minimum absolute atomic E-state index is 0.301. The summed E-state index contributed by atoms with van der Waals surface area (Å²) in [6.45, 7) is 0. The number of benzene rings is 3. The van der Waals surface area contributed by atoms with E-state index in [1.165, 1.54) is 6.26 Å². The normalized spacial score (nSPS) is 11.5. The van der Waals surface area contributed by atoms with Gasteiger partial charge in [-0.15, -0.1) is 0 Å². The van der Waals surface area contributed by atoms with E-state index >= 15 is 0 Å². The Morgan fingerprint density at radius 2 is 1.65 bits per heavy atom. The highest BCUT2D eigenvalue weighted by Crippen LogP contribution is 2.31. The summed E-state index contributed by atoms with van der Waals surface area (Å²) < 4.78 is 23.2. The van der Waals surface area contributed by atoms with Gasteiger partial charge in [0.2, 0.25) is 0 Å². The van der Waals surface area contributed by atoms with Crippen molar-refractivity contribution in [2.45, 2.75) is 11.3 Å². The summed E-state index contributed by atoms with van der Waals surface area (Å²) in [5.41, 5.74) is 2.88. The lowest BCUT2D eigenvalue weighted by molar-refractivity contribution is -0.107. The molecule has 0 unspecified atom stereocenters. The number of hydrogen-bond donors (Lipinski definition) is 0. The average molecular weight is 324 g/mol. The Balaban J connectivity index is 2.20. The Morgan fingerprint density at radius 1 is 0.957 bits per heavy atom. The van der Waals surface area contributed by atoms with Gasteiger partial charge in [-0.3, -0.25) is 0 Å². The maximum atomic E-state index is 11.6. The second-order valence-electron chi connectivity index (χ2n) is 5.53. The van der Waals surface area contributed by atoms with Crippen molar-refractivity contribution >= 4 is 26.9 Å². The zero-order chi connectivity index (χ0) is 16.4. The van der Waals surface area contributed by atoms with Crippen LogP contribution in [0, 0.1) is 0 Å². The first-order valence-corrected chi connectivity index (χ1v) is 9.14. The molecule has 3 aromatic rings. The predicted molar refractivity (Wildman–Crippen MR) is 92.3 cm³/mol. The Kier molecular flexibility index (Phi) is 4.01. The standard InChI is InChI=1S/C19H16O3S/c1-23(21,22)17-8-6-15(7-9-17)19-13-14(10-11-20)12-16-4-2-3-5-18(16)19/h2-9,11-13H,10H2,1H3. The number of rotatable bonds is 4. The molecule has 0 heterocycles. The van der Waals surface area contributed by atoms with Crippen molar-refractivity contribution in [2.24, 2.45) is 0 Å². The lowest BCUT2D eigenvalue weighted by Gasteiger charge is -2.10. The minimum atomic E-state index is -3.21. The Bertz CT molecular complexity index is 971. The third-order valence-electron chi connectivity index (χ3n) is 3.83. The number of hydrogen-bond acceptors (Lipinski definition) is 3. The number of sulfone groups is 1. The zero-order valence-corrected chi connectivity index (χ0v) is 13.5. The molecule has 0 fully saturated rings. The highest BCUT2D eigenvalue weighted by Gasteiger charge is 2.09. The van der Waals surface area contributed by atoms with E-state index in [0.29, 0.717) is 11.3 Å². The van der Waals surface area contributed by atoms with Crippen molar-refractivity contribution in [1.29, 1.82) is 0 Å². The largest absolute Gasteiger partial charge is 0.303 e. The fourth-order valence-corrected chi connectivity index (χ4v) is 3.34. The van der Waals surface area contributed by atoms with Crippen LogP contribution in [0.2, 0.25) is 0 Å². The summed E-state index contributed by atoms with van der Waals surface area (Å²) >= 11 is 0. The second-order valence-corrected chi connectivity index (χ2v) is 7.55. The van der Waals surface area contributed by atoms with Gasteiger partial charge in [0.15, 0.2) is 9.84 Å². The number of carbonyl (C=O) groups is 1. The van der Waals surface area contributed by atoms with Gasteiger partial charge in [0.05, 0.1) is 4.90 Å².